The van der Waals surface area contributed by atoms with E-state index in [0.29, 0.717) is 13.0 Å². The Morgan fingerprint density at radius 3 is 2.86 bits per heavy atom. The number of rotatable bonds is 3. The van der Waals surface area contributed by atoms with Gasteiger partial charge < -0.3 is 5.11 Å². The third-order valence-corrected chi connectivity index (χ3v) is 5.84. The van der Waals surface area contributed by atoms with Crippen molar-refractivity contribution in [3.8, 4) is 6.07 Å². The van der Waals surface area contributed by atoms with Crippen LogP contribution < -0.4 is 0 Å². The molecule has 2 unspecified atom stereocenters. The molecule has 1 N–H and O–H groups in total. The average Bonchev–Trinajstić information content (AvgIpc) is 2.47. The lowest BCUT2D eigenvalue weighted by Gasteiger charge is -2.37. The predicted octanol–water partition coefficient (Wildman–Crippen LogP) is 1.48. The maximum absolute atomic E-state index is 13.3. The monoisotopic (exact) mass is 312 g/mol. The Balaban J connectivity index is 2.44. The SMILES string of the molecule is CC1CCCN(S(=O)(=O)c2ccc(F)c(C#N)c2)C1CO. The Hall–Kier alpha value is -1.49. The number of benzene rings is 1. The predicted molar refractivity (Wildman–Crippen MR) is 74.3 cm³/mol. The molecule has 114 valence electrons. The lowest BCUT2D eigenvalue weighted by Crippen LogP contribution is -2.49. The van der Waals surface area contributed by atoms with Gasteiger partial charge in [-0.05, 0) is 37.0 Å². The second-order valence-electron chi connectivity index (χ2n) is 5.24. The molecule has 1 aliphatic rings. The highest BCUT2D eigenvalue weighted by Gasteiger charge is 2.37. The Kier molecular flexibility index (Phi) is 4.61. The van der Waals surface area contributed by atoms with Crippen LogP contribution in [0.2, 0.25) is 0 Å². The molecule has 1 aromatic rings. The van der Waals surface area contributed by atoms with Crippen molar-refractivity contribution in [1.29, 1.82) is 5.26 Å². The third kappa shape index (κ3) is 2.93. The fourth-order valence-corrected chi connectivity index (χ4v) is 4.44. The van der Waals surface area contributed by atoms with Gasteiger partial charge in [-0.25, -0.2) is 12.8 Å². The van der Waals surface area contributed by atoms with Gasteiger partial charge in [-0.3, -0.25) is 0 Å². The van der Waals surface area contributed by atoms with Crippen LogP contribution in [0.4, 0.5) is 4.39 Å². The number of hydrogen-bond acceptors (Lipinski definition) is 4. The topological polar surface area (TPSA) is 81.4 Å². The molecule has 0 spiro atoms. The molecule has 2 rings (SSSR count). The second-order valence-corrected chi connectivity index (χ2v) is 7.13. The lowest BCUT2D eigenvalue weighted by molar-refractivity contribution is 0.113. The van der Waals surface area contributed by atoms with Crippen LogP contribution in [0, 0.1) is 23.1 Å². The molecule has 0 radical (unpaired) electrons. The van der Waals surface area contributed by atoms with Gasteiger partial charge in [0.25, 0.3) is 0 Å². The summed E-state index contributed by atoms with van der Waals surface area (Å²) in [5, 5.41) is 18.3. The van der Waals surface area contributed by atoms with Crippen molar-refractivity contribution in [2.45, 2.75) is 30.7 Å². The van der Waals surface area contributed by atoms with E-state index in [1.807, 2.05) is 6.92 Å². The number of piperidine rings is 1. The Bertz CT molecular complexity index is 669. The third-order valence-electron chi connectivity index (χ3n) is 3.92. The average molecular weight is 312 g/mol. The molecule has 0 aromatic heterocycles. The quantitative estimate of drug-likeness (QED) is 0.916. The summed E-state index contributed by atoms with van der Waals surface area (Å²) in [6.45, 7) is 1.96. The van der Waals surface area contributed by atoms with E-state index in [-0.39, 0.29) is 23.0 Å². The zero-order chi connectivity index (χ0) is 15.6. The van der Waals surface area contributed by atoms with Crippen LogP contribution >= 0.6 is 0 Å². The van der Waals surface area contributed by atoms with Gasteiger partial charge in [-0.15, -0.1) is 0 Å². The maximum Gasteiger partial charge on any atom is 0.243 e. The highest BCUT2D eigenvalue weighted by atomic mass is 32.2. The maximum atomic E-state index is 13.3. The first-order chi connectivity index (χ1) is 9.91. The zero-order valence-electron chi connectivity index (χ0n) is 11.7. The van der Waals surface area contributed by atoms with E-state index in [0.717, 1.165) is 24.6 Å². The molecule has 1 aromatic carbocycles. The molecule has 0 saturated carbocycles. The van der Waals surface area contributed by atoms with Crippen LogP contribution in [-0.4, -0.2) is 37.0 Å². The van der Waals surface area contributed by atoms with Crippen LogP contribution in [0.3, 0.4) is 0 Å². The lowest BCUT2D eigenvalue weighted by atomic mass is 9.93. The molecule has 2 atom stereocenters. The molecule has 0 bridgehead atoms. The van der Waals surface area contributed by atoms with Crippen LogP contribution in [0.15, 0.2) is 23.1 Å². The molecular formula is C14H17FN2O3S. The molecule has 1 aliphatic heterocycles. The van der Waals surface area contributed by atoms with Crippen LogP contribution in [0.25, 0.3) is 0 Å². The van der Waals surface area contributed by atoms with Crippen LogP contribution in [0.5, 0.6) is 0 Å². The standard InChI is InChI=1S/C14H17FN2O3S/c1-10-3-2-6-17(14(10)9-18)21(19,20)12-4-5-13(15)11(7-12)8-16/h4-5,7,10,14,18H,2-3,6,9H2,1H3. The number of sulfonamides is 1. The fraction of sp³-hybridized carbons (Fsp3) is 0.500. The minimum absolute atomic E-state index is 0.0504. The molecule has 1 heterocycles. The molecular weight excluding hydrogens is 295 g/mol. The van der Waals surface area contributed by atoms with Gasteiger partial charge in [0.05, 0.1) is 23.1 Å². The minimum Gasteiger partial charge on any atom is -0.395 e. The van der Waals surface area contributed by atoms with Gasteiger partial charge in [0.2, 0.25) is 10.0 Å². The van der Waals surface area contributed by atoms with Crippen LogP contribution in [-0.2, 0) is 10.0 Å². The van der Waals surface area contributed by atoms with Crippen molar-refractivity contribution in [1.82, 2.24) is 4.31 Å². The Labute approximate surface area is 123 Å². The van der Waals surface area contributed by atoms with Gasteiger partial charge in [-0.1, -0.05) is 6.92 Å². The number of hydrogen-bond donors (Lipinski definition) is 1. The summed E-state index contributed by atoms with van der Waals surface area (Å²) in [6, 6.07) is 4.32. The fourth-order valence-electron chi connectivity index (χ4n) is 2.67. The zero-order valence-corrected chi connectivity index (χ0v) is 12.5. The summed E-state index contributed by atoms with van der Waals surface area (Å²) >= 11 is 0. The highest BCUT2D eigenvalue weighted by Crippen LogP contribution is 2.29. The van der Waals surface area contributed by atoms with E-state index in [2.05, 4.69) is 0 Å². The van der Waals surface area contributed by atoms with Crippen molar-refractivity contribution in [2.24, 2.45) is 5.92 Å². The van der Waals surface area contributed by atoms with Gasteiger partial charge in [0.1, 0.15) is 11.9 Å². The number of halogens is 1. The summed E-state index contributed by atoms with van der Waals surface area (Å²) in [6.07, 6.45) is 1.56. The van der Waals surface area contributed by atoms with Crippen molar-refractivity contribution in [2.75, 3.05) is 13.2 Å². The summed E-state index contributed by atoms with van der Waals surface area (Å²) in [5.41, 5.74) is -0.304. The van der Waals surface area contributed by atoms with Crippen LogP contribution in [0.1, 0.15) is 25.3 Å². The van der Waals surface area contributed by atoms with E-state index in [4.69, 9.17) is 5.26 Å². The largest absolute Gasteiger partial charge is 0.395 e. The molecule has 7 heteroatoms. The Morgan fingerprint density at radius 1 is 1.52 bits per heavy atom. The van der Waals surface area contributed by atoms with E-state index in [1.165, 1.54) is 4.31 Å². The van der Waals surface area contributed by atoms with Gasteiger partial charge in [-0.2, -0.15) is 9.57 Å². The second kappa shape index (κ2) is 6.10. The number of aliphatic hydroxyl groups excluding tert-OH is 1. The van der Waals surface area contributed by atoms with E-state index in [1.54, 1.807) is 6.07 Å². The van der Waals surface area contributed by atoms with Gasteiger partial charge in [0.15, 0.2) is 0 Å². The van der Waals surface area contributed by atoms with E-state index >= 15 is 0 Å². The van der Waals surface area contributed by atoms with Gasteiger partial charge in [0, 0.05) is 6.54 Å². The van der Waals surface area contributed by atoms with Crippen molar-refractivity contribution in [3.63, 3.8) is 0 Å². The van der Waals surface area contributed by atoms with Crippen molar-refractivity contribution in [3.05, 3.63) is 29.6 Å². The molecule has 1 fully saturated rings. The van der Waals surface area contributed by atoms with Crippen molar-refractivity contribution < 1.29 is 17.9 Å². The van der Waals surface area contributed by atoms with E-state index in [9.17, 15) is 17.9 Å². The van der Waals surface area contributed by atoms with E-state index < -0.39 is 21.9 Å². The normalized spacial score (nSPS) is 23.7. The first-order valence-corrected chi connectivity index (χ1v) is 8.18. The summed E-state index contributed by atoms with van der Waals surface area (Å²) in [4.78, 5) is -0.118. The smallest absolute Gasteiger partial charge is 0.243 e. The molecule has 21 heavy (non-hydrogen) atoms. The minimum atomic E-state index is -3.85. The molecule has 1 saturated heterocycles. The summed E-state index contributed by atoms with van der Waals surface area (Å²) < 4.78 is 39.9. The number of aliphatic hydroxyl groups is 1. The molecule has 0 aliphatic carbocycles. The summed E-state index contributed by atoms with van der Waals surface area (Å²) in [7, 11) is -3.85. The van der Waals surface area contributed by atoms with Crippen molar-refractivity contribution >= 4 is 10.0 Å². The first-order valence-electron chi connectivity index (χ1n) is 6.74. The molecule has 0 amide bonds. The number of nitriles is 1. The highest BCUT2D eigenvalue weighted by molar-refractivity contribution is 7.89. The Morgan fingerprint density at radius 2 is 2.24 bits per heavy atom. The first kappa shape index (κ1) is 15.9. The van der Waals surface area contributed by atoms with Gasteiger partial charge >= 0.3 is 0 Å². The number of nitrogens with zero attached hydrogens (tertiary/aromatic N) is 2. The molecule has 5 nitrogen and oxygen atoms in total. The summed E-state index contributed by atoms with van der Waals surface area (Å²) in [5.74, 6) is -0.698.